The molecule has 2 unspecified atom stereocenters. The second-order valence-corrected chi connectivity index (χ2v) is 17.2. The largest absolute Gasteiger partial charge is 0.346 e. The summed E-state index contributed by atoms with van der Waals surface area (Å²) in [4.78, 5) is 70.1. The average Bonchev–Trinajstić information content (AvgIpc) is 3.53. The van der Waals surface area contributed by atoms with Crippen LogP contribution in [0.5, 0.6) is 0 Å². The van der Waals surface area contributed by atoms with Crippen LogP contribution in [0.25, 0.3) is 0 Å². The molecule has 6 N–H and O–H groups in total. The molecule has 2 aliphatic heterocycles. The van der Waals surface area contributed by atoms with Crippen LogP contribution in [0.2, 0.25) is 0 Å². The maximum absolute atomic E-state index is 14.3. The van der Waals surface area contributed by atoms with E-state index in [1.807, 2.05) is 20.8 Å². The molecule has 0 aromatic heterocycles. The Kier molecular flexibility index (Phi) is 14.9. The van der Waals surface area contributed by atoms with E-state index in [0.29, 0.717) is 50.2 Å². The zero-order valence-corrected chi connectivity index (χ0v) is 31.4. The van der Waals surface area contributed by atoms with Crippen molar-refractivity contribution in [2.75, 3.05) is 31.9 Å². The van der Waals surface area contributed by atoms with E-state index in [-0.39, 0.29) is 35.7 Å². The summed E-state index contributed by atoms with van der Waals surface area (Å²) in [7, 11) is 0. The zero-order chi connectivity index (χ0) is 36.4. The lowest BCUT2D eigenvalue weighted by Crippen LogP contribution is -2.60. The number of likely N-dealkylation sites (tertiary alicyclic amines) is 1. The summed E-state index contributed by atoms with van der Waals surface area (Å²) in [5.41, 5.74) is -0.344. The van der Waals surface area contributed by atoms with Crippen LogP contribution in [-0.4, -0.2) is 99.3 Å². The fourth-order valence-corrected chi connectivity index (χ4v) is 9.08. The van der Waals surface area contributed by atoms with Gasteiger partial charge in [0.25, 0.3) is 5.91 Å². The molecule has 5 atom stereocenters. The number of rotatable bonds is 17. The van der Waals surface area contributed by atoms with Gasteiger partial charge in [0, 0.05) is 42.9 Å². The monoisotopic (exact) mass is 736 g/mol. The molecular weight excluding hydrogens is 681 g/mol. The maximum atomic E-state index is 14.3. The number of nitrogens with zero attached hydrogens (tertiary/aromatic N) is 1. The minimum atomic E-state index is -2.00. The van der Waals surface area contributed by atoms with Gasteiger partial charge in [0.05, 0.1) is 10.9 Å². The molecule has 4 aliphatic rings. The lowest BCUT2D eigenvalue weighted by atomic mass is 9.83. The Labute approximate surface area is 303 Å². The van der Waals surface area contributed by atoms with E-state index in [9.17, 15) is 32.7 Å². The van der Waals surface area contributed by atoms with E-state index in [1.165, 1.54) is 6.08 Å². The molecule has 1 saturated heterocycles. The maximum Gasteiger partial charge on any atom is 0.315 e. The SMILES string of the molecule is C=CCNC(=O)C(=O)C(CC1CC1)NC(=O)[C@@H]1CCCN1C(=O)[C@@H](NC(=O)N[C@H](CNCC1=C(S(=O)O)CCS1)C(C)(C)C)C1CCCCC1. The van der Waals surface area contributed by atoms with E-state index in [2.05, 4.69) is 33.2 Å². The number of nitrogens with one attached hydrogen (secondary N) is 5. The molecule has 3 fully saturated rings. The van der Waals surface area contributed by atoms with Crippen molar-refractivity contribution in [2.45, 2.75) is 116 Å². The van der Waals surface area contributed by atoms with Crippen molar-refractivity contribution in [1.82, 2.24) is 31.5 Å². The summed E-state index contributed by atoms with van der Waals surface area (Å²) in [5, 5.41) is 14.7. The number of Topliss-reactive ketones (excluding diaryl/α,β-unsaturated/α-hetero) is 1. The third kappa shape index (κ3) is 11.4. The third-order valence-electron chi connectivity index (χ3n) is 10.2. The van der Waals surface area contributed by atoms with Crippen LogP contribution in [-0.2, 0) is 30.3 Å². The Bertz CT molecular complexity index is 1320. The predicted molar refractivity (Wildman–Crippen MR) is 195 cm³/mol. The predicted octanol–water partition coefficient (Wildman–Crippen LogP) is 2.96. The molecule has 15 heteroatoms. The lowest BCUT2D eigenvalue weighted by molar-refractivity contribution is -0.143. The van der Waals surface area contributed by atoms with Crippen LogP contribution >= 0.6 is 11.8 Å². The molecule has 0 radical (unpaired) electrons. The van der Waals surface area contributed by atoms with Gasteiger partial charge in [0.1, 0.15) is 12.1 Å². The second-order valence-electron chi connectivity index (χ2n) is 15.0. The molecule has 4 rings (SSSR count). The highest BCUT2D eigenvalue weighted by atomic mass is 32.2. The van der Waals surface area contributed by atoms with Gasteiger partial charge in [0.15, 0.2) is 11.1 Å². The van der Waals surface area contributed by atoms with Gasteiger partial charge in [-0.2, -0.15) is 0 Å². The number of ketones is 1. The molecule has 2 heterocycles. The van der Waals surface area contributed by atoms with Crippen molar-refractivity contribution >= 4 is 52.4 Å². The minimum absolute atomic E-state index is 0.0839. The van der Waals surface area contributed by atoms with Crippen LogP contribution in [0.4, 0.5) is 4.79 Å². The van der Waals surface area contributed by atoms with Gasteiger partial charge < -0.3 is 36.0 Å². The van der Waals surface area contributed by atoms with Crippen molar-refractivity contribution in [3.05, 3.63) is 22.5 Å². The highest BCUT2D eigenvalue weighted by Gasteiger charge is 2.43. The Morgan fingerprint density at radius 2 is 1.74 bits per heavy atom. The van der Waals surface area contributed by atoms with Gasteiger partial charge in [-0.15, -0.1) is 18.3 Å². The number of amides is 5. The van der Waals surface area contributed by atoms with Crippen LogP contribution in [0.1, 0.15) is 91.4 Å². The van der Waals surface area contributed by atoms with E-state index in [4.69, 9.17) is 0 Å². The summed E-state index contributed by atoms with van der Waals surface area (Å²) in [6.07, 6.45) is 9.86. The number of urea groups is 1. The number of allylic oxidation sites excluding steroid dienone is 1. The molecule has 50 heavy (non-hydrogen) atoms. The van der Waals surface area contributed by atoms with Crippen molar-refractivity contribution < 1.29 is 32.7 Å². The molecule has 0 aromatic carbocycles. The van der Waals surface area contributed by atoms with Crippen molar-refractivity contribution in [3.8, 4) is 0 Å². The minimum Gasteiger partial charge on any atom is -0.346 e. The summed E-state index contributed by atoms with van der Waals surface area (Å²) in [6, 6.07) is -3.40. The quantitative estimate of drug-likeness (QED) is 0.0742. The number of thioether (sulfide) groups is 1. The van der Waals surface area contributed by atoms with Crippen molar-refractivity contribution in [3.63, 3.8) is 0 Å². The van der Waals surface area contributed by atoms with Gasteiger partial charge in [-0.25, -0.2) is 9.00 Å². The lowest BCUT2D eigenvalue weighted by Gasteiger charge is -2.36. The van der Waals surface area contributed by atoms with Crippen LogP contribution in [0.15, 0.2) is 22.5 Å². The first-order valence-electron chi connectivity index (χ1n) is 18.1. The van der Waals surface area contributed by atoms with E-state index >= 15 is 0 Å². The highest BCUT2D eigenvalue weighted by Crippen LogP contribution is 2.35. The summed E-state index contributed by atoms with van der Waals surface area (Å²) < 4.78 is 21.3. The molecule has 0 spiro atoms. The average molecular weight is 737 g/mol. The highest BCUT2D eigenvalue weighted by molar-refractivity contribution is 8.04. The van der Waals surface area contributed by atoms with E-state index in [0.717, 1.165) is 55.6 Å². The van der Waals surface area contributed by atoms with Crippen LogP contribution in [0, 0.1) is 17.3 Å². The normalized spacial score (nSPS) is 22.3. The fraction of sp³-hybridized carbons (Fsp3) is 0.743. The van der Waals surface area contributed by atoms with Gasteiger partial charge in [-0.3, -0.25) is 19.2 Å². The fourth-order valence-electron chi connectivity index (χ4n) is 6.99. The first kappa shape index (κ1) is 40.0. The Morgan fingerprint density at radius 1 is 1.02 bits per heavy atom. The molecule has 280 valence electrons. The van der Waals surface area contributed by atoms with Crippen LogP contribution < -0.4 is 26.6 Å². The first-order chi connectivity index (χ1) is 23.8. The molecule has 0 aromatic rings. The van der Waals surface area contributed by atoms with Crippen molar-refractivity contribution in [1.29, 1.82) is 0 Å². The molecule has 2 aliphatic carbocycles. The molecule has 13 nitrogen and oxygen atoms in total. The molecule has 0 bridgehead atoms. The van der Waals surface area contributed by atoms with Gasteiger partial charge in [-0.1, -0.05) is 59.0 Å². The Morgan fingerprint density at radius 3 is 2.38 bits per heavy atom. The van der Waals surface area contributed by atoms with Crippen LogP contribution in [0.3, 0.4) is 0 Å². The van der Waals surface area contributed by atoms with Crippen molar-refractivity contribution in [2.24, 2.45) is 17.3 Å². The summed E-state index contributed by atoms with van der Waals surface area (Å²) in [5.74, 6) is -1.28. The third-order valence-corrected chi connectivity index (χ3v) is 12.3. The topological polar surface area (TPSA) is 186 Å². The second kappa shape index (κ2) is 18.7. The number of hydrogen-bond donors (Lipinski definition) is 6. The van der Waals surface area contributed by atoms with E-state index in [1.54, 1.807) is 16.7 Å². The zero-order valence-electron chi connectivity index (χ0n) is 29.7. The molecule has 2 saturated carbocycles. The summed E-state index contributed by atoms with van der Waals surface area (Å²) in [6.45, 7) is 10.9. The Hall–Kier alpha value is -2.75. The standard InChI is InChI=1S/C35H56N6O7S2/c1-5-16-37-32(44)30(42)24(19-22-13-14-22)38-31(43)25-12-9-17-41(25)33(45)29(23-10-7-6-8-11-23)40-34(46)39-28(35(2,3)4)21-36-20-26-27(50(47)48)15-18-49-26/h5,22-25,28-29,36H,1,6-21H2,2-4H3,(H,37,44)(H,38,43)(H,47,48)(H2,39,40,46)/t24?,25-,28+,29-/m0/s1. The molecular formula is C35H56N6O7S2. The first-order valence-corrected chi connectivity index (χ1v) is 20.2. The summed E-state index contributed by atoms with van der Waals surface area (Å²) >= 11 is -0.434. The number of carbonyl (C=O) groups excluding carboxylic acids is 5. The van der Waals surface area contributed by atoms with Gasteiger partial charge >= 0.3 is 6.03 Å². The van der Waals surface area contributed by atoms with Gasteiger partial charge in [0.2, 0.25) is 17.6 Å². The smallest absolute Gasteiger partial charge is 0.315 e. The molecule has 5 amide bonds. The number of hydrogen-bond acceptors (Lipinski definition) is 8. The Balaban J connectivity index is 1.43. The number of carbonyl (C=O) groups is 5. The van der Waals surface area contributed by atoms with E-state index < -0.39 is 52.8 Å². The van der Waals surface area contributed by atoms with Gasteiger partial charge in [-0.05, 0) is 55.8 Å².